The van der Waals surface area contributed by atoms with Gasteiger partial charge in [-0.1, -0.05) is 30.0 Å². The second kappa shape index (κ2) is 3.92. The molecule has 0 saturated carbocycles. The van der Waals surface area contributed by atoms with E-state index in [0.29, 0.717) is 5.92 Å². The van der Waals surface area contributed by atoms with Crippen LogP contribution in [0.1, 0.15) is 22.6 Å². The summed E-state index contributed by atoms with van der Waals surface area (Å²) >= 11 is 1.86. The van der Waals surface area contributed by atoms with Crippen LogP contribution in [-0.2, 0) is 0 Å². The van der Waals surface area contributed by atoms with Crippen molar-refractivity contribution in [3.05, 3.63) is 71.3 Å². The molecule has 0 bridgehead atoms. The van der Waals surface area contributed by atoms with Gasteiger partial charge in [0.2, 0.25) is 0 Å². The monoisotopic (exact) mass is 315 g/mol. The van der Waals surface area contributed by atoms with Crippen molar-refractivity contribution in [2.45, 2.75) is 15.7 Å². The minimum Gasteiger partial charge on any atom is -0.457 e. The summed E-state index contributed by atoms with van der Waals surface area (Å²) < 4.78 is 6.26. The lowest BCUT2D eigenvalue weighted by molar-refractivity contribution is 0.447. The van der Waals surface area contributed by atoms with Crippen LogP contribution in [0.5, 0.6) is 11.5 Å². The highest BCUT2D eigenvalue weighted by atomic mass is 32.2. The smallest absolute Gasteiger partial charge is 0.133 e. The number of hydrogen-bond acceptors (Lipinski definition) is 3. The Hall–Kier alpha value is -2.39. The third-order valence-electron chi connectivity index (χ3n) is 5.14. The van der Waals surface area contributed by atoms with E-state index < -0.39 is 0 Å². The molecule has 0 amide bonds. The molecule has 0 spiro atoms. The van der Waals surface area contributed by atoms with E-state index in [1.54, 1.807) is 0 Å². The molecular weight excluding hydrogens is 302 g/mol. The Morgan fingerprint density at radius 1 is 0.783 bits per heavy atom. The standard InChI is InChI=1S/C20H13NOS/c1-21-11-5-2-7-13-17(11)20-18-12(21)6-3-9-15(18)23-16-10-4-8-14(22-13)19(16)20/h2-10,20H,1H3. The fraction of sp³-hybridized carbons (Fsp3) is 0.100. The molecule has 0 aliphatic carbocycles. The van der Waals surface area contributed by atoms with Gasteiger partial charge in [-0.2, -0.15) is 0 Å². The average molecular weight is 315 g/mol. The van der Waals surface area contributed by atoms with Gasteiger partial charge in [0.25, 0.3) is 0 Å². The Balaban J connectivity index is 1.81. The first-order valence-corrected chi connectivity index (χ1v) is 8.63. The molecule has 3 heterocycles. The molecule has 3 aliphatic heterocycles. The van der Waals surface area contributed by atoms with Crippen LogP contribution >= 0.6 is 11.8 Å². The zero-order chi connectivity index (χ0) is 15.1. The average Bonchev–Trinajstić information content (AvgIpc) is 2.59. The predicted octanol–water partition coefficient (Wildman–Crippen LogP) is 5.52. The first-order valence-electron chi connectivity index (χ1n) is 7.81. The van der Waals surface area contributed by atoms with Gasteiger partial charge in [-0.25, -0.2) is 0 Å². The minimum atomic E-state index is 0.296. The lowest BCUT2D eigenvalue weighted by atomic mass is 9.78. The third kappa shape index (κ3) is 1.33. The zero-order valence-corrected chi connectivity index (χ0v) is 13.4. The second-order valence-electron chi connectivity index (χ2n) is 6.24. The number of anilines is 2. The van der Waals surface area contributed by atoms with Crippen molar-refractivity contribution in [2.24, 2.45) is 0 Å². The molecule has 2 nitrogen and oxygen atoms in total. The lowest BCUT2D eigenvalue weighted by Gasteiger charge is -2.42. The van der Waals surface area contributed by atoms with Gasteiger partial charge in [0.1, 0.15) is 11.5 Å². The van der Waals surface area contributed by atoms with E-state index in [1.807, 2.05) is 11.8 Å². The molecule has 3 heteroatoms. The molecule has 3 aromatic rings. The van der Waals surface area contributed by atoms with Crippen LogP contribution in [0.25, 0.3) is 0 Å². The van der Waals surface area contributed by atoms with Gasteiger partial charge >= 0.3 is 0 Å². The number of benzene rings is 3. The normalized spacial score (nSPS) is 18.3. The maximum absolute atomic E-state index is 6.26. The van der Waals surface area contributed by atoms with Crippen molar-refractivity contribution in [1.29, 1.82) is 0 Å². The van der Waals surface area contributed by atoms with Gasteiger partial charge < -0.3 is 9.64 Å². The number of hydrogen-bond donors (Lipinski definition) is 0. The molecule has 0 N–H and O–H groups in total. The maximum atomic E-state index is 6.26. The summed E-state index contributed by atoms with van der Waals surface area (Å²) in [7, 11) is 2.15. The summed E-state index contributed by atoms with van der Waals surface area (Å²) in [5.41, 5.74) is 6.65. The van der Waals surface area contributed by atoms with Gasteiger partial charge in [0.15, 0.2) is 0 Å². The van der Waals surface area contributed by atoms with Crippen LogP contribution in [0.4, 0.5) is 11.4 Å². The topological polar surface area (TPSA) is 12.5 Å². The third-order valence-corrected chi connectivity index (χ3v) is 6.29. The van der Waals surface area contributed by atoms with Crippen molar-refractivity contribution in [3.8, 4) is 11.5 Å². The largest absolute Gasteiger partial charge is 0.457 e. The summed E-state index contributed by atoms with van der Waals surface area (Å²) in [4.78, 5) is 4.99. The predicted molar refractivity (Wildman–Crippen MR) is 92.5 cm³/mol. The molecule has 0 aromatic heterocycles. The van der Waals surface area contributed by atoms with Crippen molar-refractivity contribution >= 4 is 23.1 Å². The van der Waals surface area contributed by atoms with E-state index in [0.717, 1.165) is 11.5 Å². The summed E-state index contributed by atoms with van der Waals surface area (Å²) in [6.07, 6.45) is 0. The summed E-state index contributed by atoms with van der Waals surface area (Å²) in [5, 5.41) is 0. The van der Waals surface area contributed by atoms with Gasteiger partial charge in [-0.3, -0.25) is 0 Å². The van der Waals surface area contributed by atoms with Gasteiger partial charge in [0, 0.05) is 50.8 Å². The van der Waals surface area contributed by atoms with Crippen molar-refractivity contribution in [3.63, 3.8) is 0 Å². The number of rotatable bonds is 0. The summed E-state index contributed by atoms with van der Waals surface area (Å²) in [6, 6.07) is 19.4. The van der Waals surface area contributed by atoms with Crippen LogP contribution in [-0.4, -0.2) is 7.05 Å². The molecular formula is C20H13NOS. The molecule has 1 atom stereocenters. The molecule has 110 valence electrons. The molecule has 3 aliphatic rings. The van der Waals surface area contributed by atoms with Gasteiger partial charge in [0.05, 0.1) is 0 Å². The van der Waals surface area contributed by atoms with Crippen LogP contribution in [0.3, 0.4) is 0 Å². The van der Waals surface area contributed by atoms with E-state index in [1.165, 1.54) is 37.9 Å². The van der Waals surface area contributed by atoms with E-state index in [-0.39, 0.29) is 0 Å². The van der Waals surface area contributed by atoms with Crippen molar-refractivity contribution < 1.29 is 4.74 Å². The van der Waals surface area contributed by atoms with Crippen LogP contribution in [0.15, 0.2) is 64.4 Å². The summed E-state index contributed by atoms with van der Waals surface area (Å²) in [5.74, 6) is 2.30. The Kier molecular flexibility index (Phi) is 2.06. The van der Waals surface area contributed by atoms with E-state index in [2.05, 4.69) is 66.5 Å². The van der Waals surface area contributed by atoms with Crippen LogP contribution in [0, 0.1) is 0 Å². The van der Waals surface area contributed by atoms with E-state index in [4.69, 9.17) is 4.74 Å². The molecule has 3 aromatic carbocycles. The number of nitrogens with zero attached hydrogens (tertiary/aromatic N) is 1. The first-order chi connectivity index (χ1) is 11.3. The molecule has 0 fully saturated rings. The molecule has 1 unspecified atom stereocenters. The fourth-order valence-corrected chi connectivity index (χ4v) is 5.39. The maximum Gasteiger partial charge on any atom is 0.133 e. The highest BCUT2D eigenvalue weighted by Crippen LogP contribution is 2.62. The minimum absolute atomic E-state index is 0.296. The molecule has 0 saturated heterocycles. The van der Waals surface area contributed by atoms with E-state index in [9.17, 15) is 0 Å². The van der Waals surface area contributed by atoms with Crippen LogP contribution < -0.4 is 9.64 Å². The summed E-state index contributed by atoms with van der Waals surface area (Å²) in [6.45, 7) is 0. The van der Waals surface area contributed by atoms with Gasteiger partial charge in [-0.15, -0.1) is 0 Å². The van der Waals surface area contributed by atoms with Crippen molar-refractivity contribution in [1.82, 2.24) is 0 Å². The Morgan fingerprint density at radius 2 is 1.39 bits per heavy atom. The fourth-order valence-electron chi connectivity index (χ4n) is 4.19. The van der Waals surface area contributed by atoms with E-state index >= 15 is 0 Å². The highest BCUT2D eigenvalue weighted by Gasteiger charge is 2.42. The van der Waals surface area contributed by atoms with Crippen molar-refractivity contribution in [2.75, 3.05) is 11.9 Å². The number of ether oxygens (including phenoxy) is 1. The highest BCUT2D eigenvalue weighted by molar-refractivity contribution is 7.99. The zero-order valence-electron chi connectivity index (χ0n) is 12.5. The second-order valence-corrected chi connectivity index (χ2v) is 7.33. The molecule has 23 heavy (non-hydrogen) atoms. The Labute approximate surface area is 138 Å². The Morgan fingerprint density at radius 3 is 2.22 bits per heavy atom. The lowest BCUT2D eigenvalue weighted by Crippen LogP contribution is -2.27. The SMILES string of the molecule is CN1c2cccc3c2C2c4c(cccc4Sc4cccc1c42)O3. The van der Waals surface area contributed by atoms with Crippen LogP contribution in [0.2, 0.25) is 0 Å². The Bertz CT molecular complexity index is 935. The van der Waals surface area contributed by atoms with Gasteiger partial charge in [-0.05, 0) is 36.4 Å². The molecule has 6 rings (SSSR count). The quantitative estimate of drug-likeness (QED) is 0.373. The first kappa shape index (κ1) is 12.1. The molecule has 0 radical (unpaired) electrons.